The summed E-state index contributed by atoms with van der Waals surface area (Å²) >= 11 is 5.96. The maximum absolute atomic E-state index is 5.96. The lowest BCUT2D eigenvalue weighted by molar-refractivity contribution is 0.558. The van der Waals surface area contributed by atoms with Gasteiger partial charge in [-0.3, -0.25) is 0 Å². The molecule has 0 aliphatic carbocycles. The summed E-state index contributed by atoms with van der Waals surface area (Å²) in [5.74, 6) is 1.15. The Kier molecular flexibility index (Phi) is 2.38. The summed E-state index contributed by atoms with van der Waals surface area (Å²) in [4.78, 5) is 4.46. The van der Waals surface area contributed by atoms with E-state index < -0.39 is 0 Å². The topological polar surface area (TPSA) is 39.2 Å². The number of fused-ring (bicyclic) bond motifs is 2. The number of hydrogen-bond donors (Lipinski definition) is 0. The fourth-order valence-electron chi connectivity index (χ4n) is 2.38. The molecule has 0 unspecified atom stereocenters. The lowest BCUT2D eigenvalue weighted by atomic mass is 10.1. The van der Waals surface area contributed by atoms with Crippen molar-refractivity contribution in [2.24, 2.45) is 0 Å². The zero-order valence-corrected chi connectivity index (χ0v) is 11.4. The van der Waals surface area contributed by atoms with Crippen LogP contribution in [0.3, 0.4) is 0 Å². The van der Waals surface area contributed by atoms with Crippen molar-refractivity contribution in [1.29, 1.82) is 0 Å². The van der Waals surface area contributed by atoms with Gasteiger partial charge in [0.1, 0.15) is 11.1 Å². The summed E-state index contributed by atoms with van der Waals surface area (Å²) in [6.45, 7) is 2.00. The van der Waals surface area contributed by atoms with Gasteiger partial charge in [0.25, 0.3) is 5.89 Å². The lowest BCUT2D eigenvalue weighted by Gasteiger charge is -1.90. The Hall–Kier alpha value is -2.26. The third kappa shape index (κ3) is 1.63. The van der Waals surface area contributed by atoms with Crippen LogP contribution in [0.25, 0.3) is 33.7 Å². The Bertz CT molecular complexity index is 936. The summed E-state index contributed by atoms with van der Waals surface area (Å²) in [7, 11) is 0. The molecule has 0 N–H and O–H groups in total. The lowest BCUT2D eigenvalue weighted by Crippen LogP contribution is -1.76. The Morgan fingerprint density at radius 1 is 1.00 bits per heavy atom. The van der Waals surface area contributed by atoms with Gasteiger partial charge in [-0.15, -0.1) is 0 Å². The molecule has 0 saturated heterocycles. The van der Waals surface area contributed by atoms with Crippen molar-refractivity contribution in [3.63, 3.8) is 0 Å². The third-order valence-corrected chi connectivity index (χ3v) is 3.62. The molecule has 0 atom stereocenters. The number of oxazole rings is 1. The molecule has 2 aromatic carbocycles. The molecule has 4 heteroatoms. The average Bonchev–Trinajstić information content (AvgIpc) is 3.00. The molecule has 98 valence electrons. The van der Waals surface area contributed by atoms with Crippen LogP contribution >= 0.6 is 11.6 Å². The minimum atomic E-state index is 0.482. The van der Waals surface area contributed by atoms with Gasteiger partial charge in [0.15, 0.2) is 11.3 Å². The minimum Gasteiger partial charge on any atom is -0.451 e. The fraction of sp³-hybridized carbons (Fsp3) is 0.0625. The Labute approximate surface area is 119 Å². The molecule has 0 radical (unpaired) electrons. The van der Waals surface area contributed by atoms with Gasteiger partial charge in [-0.2, -0.15) is 0 Å². The highest BCUT2D eigenvalue weighted by atomic mass is 35.5. The van der Waals surface area contributed by atoms with Crippen molar-refractivity contribution >= 4 is 33.7 Å². The summed E-state index contributed by atoms with van der Waals surface area (Å²) in [5.41, 5.74) is 3.29. The van der Waals surface area contributed by atoms with E-state index in [0.29, 0.717) is 22.3 Å². The number of aryl methyl sites for hydroxylation is 1. The maximum Gasteiger partial charge on any atom is 0.264 e. The van der Waals surface area contributed by atoms with Crippen LogP contribution in [-0.2, 0) is 0 Å². The standard InChI is InChI=1S/C16H10ClNO2/c1-9-11-4-2-3-5-13(11)19-15(9)16-18-12-8-10(17)6-7-14(12)20-16/h2-8H,1H3. The first-order valence-corrected chi connectivity index (χ1v) is 6.65. The summed E-state index contributed by atoms with van der Waals surface area (Å²) in [6, 6.07) is 13.3. The van der Waals surface area contributed by atoms with Crippen LogP contribution in [-0.4, -0.2) is 4.98 Å². The normalized spacial score (nSPS) is 11.5. The van der Waals surface area contributed by atoms with Gasteiger partial charge >= 0.3 is 0 Å². The van der Waals surface area contributed by atoms with Crippen LogP contribution in [0.5, 0.6) is 0 Å². The molecule has 0 aliphatic heterocycles. The molecular formula is C16H10ClNO2. The first-order valence-electron chi connectivity index (χ1n) is 6.27. The van der Waals surface area contributed by atoms with Crippen LogP contribution in [0.2, 0.25) is 5.02 Å². The van der Waals surface area contributed by atoms with Gasteiger partial charge in [-0.05, 0) is 31.2 Å². The zero-order valence-electron chi connectivity index (χ0n) is 10.7. The van der Waals surface area contributed by atoms with Gasteiger partial charge < -0.3 is 8.83 Å². The molecule has 2 heterocycles. The van der Waals surface area contributed by atoms with Crippen molar-refractivity contribution in [1.82, 2.24) is 4.98 Å². The van der Waals surface area contributed by atoms with Crippen LogP contribution < -0.4 is 0 Å². The van der Waals surface area contributed by atoms with Gasteiger partial charge in [0.05, 0.1) is 0 Å². The molecule has 4 rings (SSSR count). The van der Waals surface area contributed by atoms with Gasteiger partial charge in [0, 0.05) is 16.0 Å². The number of halogens is 1. The van der Waals surface area contributed by atoms with E-state index in [4.69, 9.17) is 20.4 Å². The van der Waals surface area contributed by atoms with Crippen LogP contribution in [0.15, 0.2) is 51.3 Å². The fourth-order valence-corrected chi connectivity index (χ4v) is 2.54. The number of furan rings is 1. The molecule has 4 aromatic rings. The molecule has 3 nitrogen and oxygen atoms in total. The Balaban J connectivity index is 1.98. The highest BCUT2D eigenvalue weighted by Gasteiger charge is 2.17. The van der Waals surface area contributed by atoms with E-state index in [2.05, 4.69) is 4.98 Å². The van der Waals surface area contributed by atoms with E-state index in [0.717, 1.165) is 22.0 Å². The molecule has 0 spiro atoms. The predicted octanol–water partition coefficient (Wildman–Crippen LogP) is 5.20. The molecule has 0 amide bonds. The number of rotatable bonds is 1. The highest BCUT2D eigenvalue weighted by molar-refractivity contribution is 6.31. The largest absolute Gasteiger partial charge is 0.451 e. The predicted molar refractivity (Wildman–Crippen MR) is 79.0 cm³/mol. The smallest absolute Gasteiger partial charge is 0.264 e. The number of benzene rings is 2. The zero-order chi connectivity index (χ0) is 13.7. The van der Waals surface area contributed by atoms with Gasteiger partial charge in [0.2, 0.25) is 0 Å². The number of nitrogens with zero attached hydrogens (tertiary/aromatic N) is 1. The van der Waals surface area contributed by atoms with Crippen molar-refractivity contribution in [3.05, 3.63) is 53.1 Å². The number of hydrogen-bond acceptors (Lipinski definition) is 3. The van der Waals surface area contributed by atoms with E-state index in [1.165, 1.54) is 0 Å². The van der Waals surface area contributed by atoms with Crippen LogP contribution in [0, 0.1) is 6.92 Å². The molecule has 2 aromatic heterocycles. The van der Waals surface area contributed by atoms with Crippen molar-refractivity contribution < 1.29 is 8.83 Å². The van der Waals surface area contributed by atoms with E-state index >= 15 is 0 Å². The second-order valence-corrected chi connectivity index (χ2v) is 5.12. The van der Waals surface area contributed by atoms with Crippen molar-refractivity contribution in [2.75, 3.05) is 0 Å². The molecule has 0 aliphatic rings. The number of aromatic nitrogens is 1. The van der Waals surface area contributed by atoms with E-state index in [-0.39, 0.29) is 0 Å². The van der Waals surface area contributed by atoms with Gasteiger partial charge in [-0.1, -0.05) is 29.8 Å². The third-order valence-electron chi connectivity index (χ3n) is 3.39. The molecule has 0 saturated carbocycles. The summed E-state index contributed by atoms with van der Waals surface area (Å²) < 4.78 is 11.6. The van der Waals surface area contributed by atoms with E-state index in [9.17, 15) is 0 Å². The Morgan fingerprint density at radius 3 is 2.70 bits per heavy atom. The molecular weight excluding hydrogens is 274 g/mol. The molecule has 20 heavy (non-hydrogen) atoms. The Morgan fingerprint density at radius 2 is 1.85 bits per heavy atom. The quantitative estimate of drug-likeness (QED) is 0.482. The molecule has 0 fully saturated rings. The van der Waals surface area contributed by atoms with Gasteiger partial charge in [-0.25, -0.2) is 4.98 Å². The number of para-hydroxylation sites is 1. The van der Waals surface area contributed by atoms with E-state index in [1.54, 1.807) is 12.1 Å². The van der Waals surface area contributed by atoms with Crippen LogP contribution in [0.4, 0.5) is 0 Å². The first kappa shape index (κ1) is 11.6. The monoisotopic (exact) mass is 283 g/mol. The summed E-state index contributed by atoms with van der Waals surface area (Å²) in [5, 5.41) is 1.71. The second-order valence-electron chi connectivity index (χ2n) is 4.68. The highest BCUT2D eigenvalue weighted by Crippen LogP contribution is 2.34. The summed E-state index contributed by atoms with van der Waals surface area (Å²) in [6.07, 6.45) is 0. The minimum absolute atomic E-state index is 0.482. The average molecular weight is 284 g/mol. The maximum atomic E-state index is 5.96. The van der Waals surface area contributed by atoms with E-state index in [1.807, 2.05) is 37.3 Å². The first-order chi connectivity index (χ1) is 9.72. The van der Waals surface area contributed by atoms with Crippen LogP contribution in [0.1, 0.15) is 5.56 Å². The SMILES string of the molecule is Cc1c(-c2nc3cc(Cl)ccc3o2)oc2ccccc12. The van der Waals surface area contributed by atoms with Crippen molar-refractivity contribution in [2.45, 2.75) is 6.92 Å². The second kappa shape index (κ2) is 4.12. The molecule has 0 bridgehead atoms. The van der Waals surface area contributed by atoms with Crippen molar-refractivity contribution in [3.8, 4) is 11.7 Å².